The van der Waals surface area contributed by atoms with Crippen molar-refractivity contribution in [1.82, 2.24) is 9.78 Å². The molecule has 2 rings (SSSR count). The molecule has 0 amide bonds. The maximum absolute atomic E-state index is 10.5. The van der Waals surface area contributed by atoms with Crippen molar-refractivity contribution in [3.05, 3.63) is 34.0 Å². The van der Waals surface area contributed by atoms with Gasteiger partial charge in [0.25, 0.3) is 0 Å². The summed E-state index contributed by atoms with van der Waals surface area (Å²) in [6.07, 6.45) is 2.78. The average Bonchev–Trinajstić information content (AvgIpc) is 2.85. The highest BCUT2D eigenvalue weighted by atomic mass is 16.6. The van der Waals surface area contributed by atoms with Crippen LogP contribution >= 0.6 is 0 Å². The molecule has 0 atom stereocenters. The summed E-state index contributed by atoms with van der Waals surface area (Å²) in [6, 6.07) is 2.68. The van der Waals surface area contributed by atoms with Crippen LogP contribution in [-0.2, 0) is 7.05 Å². The molecular weight excluding hydrogens is 228 g/mol. The lowest BCUT2D eigenvalue weighted by Crippen LogP contribution is -1.87. The topological polar surface area (TPSA) is 107 Å². The number of aromatic nitrogens is 2. The van der Waals surface area contributed by atoms with E-state index in [-0.39, 0.29) is 11.6 Å². The normalized spacial score (nSPS) is 11.1. The molecule has 0 aliphatic rings. The minimum Gasteiger partial charge on any atom is -0.411 e. The third kappa shape index (κ3) is 2.00. The average molecular weight is 236 g/mol. The highest BCUT2D eigenvalue weighted by Gasteiger charge is 2.17. The Kier molecular flexibility index (Phi) is 2.61. The van der Waals surface area contributed by atoms with Crippen molar-refractivity contribution in [3.8, 4) is 11.5 Å². The van der Waals surface area contributed by atoms with Crippen LogP contribution in [0.3, 0.4) is 0 Å². The molecular formula is C9H8N4O4. The summed E-state index contributed by atoms with van der Waals surface area (Å²) < 4.78 is 6.50. The van der Waals surface area contributed by atoms with E-state index in [0.717, 1.165) is 0 Å². The van der Waals surface area contributed by atoms with Crippen molar-refractivity contribution >= 4 is 12.1 Å². The molecule has 0 saturated carbocycles. The third-order valence-electron chi connectivity index (χ3n) is 2.06. The fraction of sp³-hybridized carbons (Fsp3) is 0.111. The molecule has 17 heavy (non-hydrogen) atoms. The van der Waals surface area contributed by atoms with Gasteiger partial charge in [0.2, 0.25) is 0 Å². The Morgan fingerprint density at radius 1 is 1.65 bits per heavy atom. The van der Waals surface area contributed by atoms with E-state index in [1.807, 2.05) is 0 Å². The molecule has 0 spiro atoms. The first-order valence-electron chi connectivity index (χ1n) is 4.57. The fourth-order valence-electron chi connectivity index (χ4n) is 1.41. The second kappa shape index (κ2) is 4.08. The highest BCUT2D eigenvalue weighted by molar-refractivity contribution is 5.87. The summed E-state index contributed by atoms with van der Waals surface area (Å²) in [4.78, 5) is 9.85. The molecule has 2 aromatic rings. The van der Waals surface area contributed by atoms with Gasteiger partial charge in [-0.15, -0.1) is 0 Å². The molecule has 8 heteroatoms. The van der Waals surface area contributed by atoms with Gasteiger partial charge in [-0.1, -0.05) is 5.16 Å². The third-order valence-corrected chi connectivity index (χ3v) is 2.06. The largest absolute Gasteiger partial charge is 0.433 e. The van der Waals surface area contributed by atoms with Crippen LogP contribution < -0.4 is 0 Å². The fourth-order valence-corrected chi connectivity index (χ4v) is 1.41. The van der Waals surface area contributed by atoms with Crippen molar-refractivity contribution in [2.45, 2.75) is 0 Å². The number of oxime groups is 1. The molecule has 0 unspecified atom stereocenters. The first kappa shape index (κ1) is 10.9. The number of aryl methyl sites for hydroxylation is 1. The summed E-state index contributed by atoms with van der Waals surface area (Å²) in [7, 11) is 1.68. The molecule has 0 bridgehead atoms. The molecule has 2 heterocycles. The SMILES string of the molecule is Cn1cc(C=NO)c(-c2ccc([N+](=O)[O-])o2)n1. The van der Waals surface area contributed by atoms with E-state index in [1.165, 1.54) is 23.0 Å². The van der Waals surface area contributed by atoms with E-state index < -0.39 is 4.92 Å². The van der Waals surface area contributed by atoms with Gasteiger partial charge in [-0.3, -0.25) is 14.8 Å². The standard InChI is InChI=1S/C9H8N4O4/c1-12-5-6(4-10-14)9(11-12)7-2-3-8(17-7)13(15)16/h2-5,14H,1H3. The smallest absolute Gasteiger partial charge is 0.411 e. The zero-order valence-corrected chi connectivity index (χ0v) is 8.77. The zero-order chi connectivity index (χ0) is 12.4. The molecule has 0 saturated heterocycles. The number of hydrogen-bond acceptors (Lipinski definition) is 6. The molecule has 0 radical (unpaired) electrons. The Balaban J connectivity index is 2.48. The van der Waals surface area contributed by atoms with Crippen LogP contribution in [-0.4, -0.2) is 26.1 Å². The zero-order valence-electron chi connectivity index (χ0n) is 8.77. The minimum absolute atomic E-state index is 0.243. The molecule has 0 aliphatic carbocycles. The molecule has 0 aliphatic heterocycles. The summed E-state index contributed by atoms with van der Waals surface area (Å²) in [5.41, 5.74) is 0.873. The van der Waals surface area contributed by atoms with E-state index in [9.17, 15) is 10.1 Å². The van der Waals surface area contributed by atoms with Crippen LogP contribution in [0, 0.1) is 10.1 Å². The van der Waals surface area contributed by atoms with Gasteiger partial charge >= 0.3 is 5.88 Å². The number of furan rings is 1. The van der Waals surface area contributed by atoms with Crippen LogP contribution in [0.5, 0.6) is 0 Å². The van der Waals surface area contributed by atoms with E-state index in [0.29, 0.717) is 11.3 Å². The Hall–Kier alpha value is -2.64. The van der Waals surface area contributed by atoms with Crippen molar-refractivity contribution < 1.29 is 14.5 Å². The second-order valence-corrected chi connectivity index (χ2v) is 3.25. The maximum Gasteiger partial charge on any atom is 0.433 e. The van der Waals surface area contributed by atoms with Crippen LogP contribution in [0.2, 0.25) is 0 Å². The van der Waals surface area contributed by atoms with Crippen molar-refractivity contribution in [2.75, 3.05) is 0 Å². The van der Waals surface area contributed by atoms with Crippen LogP contribution in [0.4, 0.5) is 5.88 Å². The van der Waals surface area contributed by atoms with Crippen LogP contribution in [0.25, 0.3) is 11.5 Å². The second-order valence-electron chi connectivity index (χ2n) is 3.25. The van der Waals surface area contributed by atoms with Crippen LogP contribution in [0.1, 0.15) is 5.56 Å². The first-order chi connectivity index (χ1) is 8.11. The monoisotopic (exact) mass is 236 g/mol. The minimum atomic E-state index is -0.633. The predicted octanol–water partition coefficient (Wildman–Crippen LogP) is 1.40. The number of nitro groups is 1. The molecule has 1 N–H and O–H groups in total. The van der Waals surface area contributed by atoms with Gasteiger partial charge in [-0.25, -0.2) is 0 Å². The highest BCUT2D eigenvalue weighted by Crippen LogP contribution is 2.26. The summed E-state index contributed by atoms with van der Waals surface area (Å²) in [6.45, 7) is 0. The quantitative estimate of drug-likeness (QED) is 0.375. The van der Waals surface area contributed by atoms with Gasteiger partial charge in [-0.2, -0.15) is 5.10 Å². The van der Waals surface area contributed by atoms with E-state index in [2.05, 4.69) is 10.3 Å². The Morgan fingerprint density at radius 2 is 2.41 bits per heavy atom. The van der Waals surface area contributed by atoms with Crippen molar-refractivity contribution in [1.29, 1.82) is 0 Å². The van der Waals surface area contributed by atoms with Gasteiger partial charge in [0.1, 0.15) is 10.6 Å². The van der Waals surface area contributed by atoms with Gasteiger partial charge < -0.3 is 9.62 Å². The summed E-state index contributed by atoms with van der Waals surface area (Å²) >= 11 is 0. The van der Waals surface area contributed by atoms with E-state index in [4.69, 9.17) is 9.62 Å². The molecule has 2 aromatic heterocycles. The Morgan fingerprint density at radius 3 is 3.00 bits per heavy atom. The van der Waals surface area contributed by atoms with Crippen LogP contribution in [0.15, 0.2) is 27.9 Å². The molecule has 0 fully saturated rings. The lowest BCUT2D eigenvalue weighted by Gasteiger charge is -1.90. The summed E-state index contributed by atoms with van der Waals surface area (Å²) in [5.74, 6) is -0.121. The molecule has 88 valence electrons. The van der Waals surface area contributed by atoms with E-state index >= 15 is 0 Å². The molecule has 8 nitrogen and oxygen atoms in total. The lowest BCUT2D eigenvalue weighted by molar-refractivity contribution is -0.401. The number of rotatable bonds is 3. The number of nitrogens with zero attached hydrogens (tertiary/aromatic N) is 4. The number of hydrogen-bond donors (Lipinski definition) is 1. The van der Waals surface area contributed by atoms with Crippen molar-refractivity contribution in [3.63, 3.8) is 0 Å². The van der Waals surface area contributed by atoms with Gasteiger partial charge in [0.15, 0.2) is 5.76 Å². The molecule has 0 aromatic carbocycles. The van der Waals surface area contributed by atoms with Gasteiger partial charge in [0.05, 0.1) is 12.3 Å². The summed E-state index contributed by atoms with van der Waals surface area (Å²) in [5, 5.41) is 25.9. The van der Waals surface area contributed by atoms with E-state index in [1.54, 1.807) is 13.2 Å². The van der Waals surface area contributed by atoms with Gasteiger partial charge in [0, 0.05) is 18.8 Å². The van der Waals surface area contributed by atoms with Crippen molar-refractivity contribution in [2.24, 2.45) is 12.2 Å². The van der Waals surface area contributed by atoms with Gasteiger partial charge in [-0.05, 0) is 6.07 Å². The Labute approximate surface area is 94.9 Å². The lowest BCUT2D eigenvalue weighted by atomic mass is 10.2. The Bertz CT molecular complexity index is 584. The predicted molar refractivity (Wildman–Crippen MR) is 56.9 cm³/mol. The first-order valence-corrected chi connectivity index (χ1v) is 4.57. The maximum atomic E-state index is 10.5.